The quantitative estimate of drug-likeness (QED) is 0.931. The number of aromatic nitrogens is 3. The molecule has 2 fully saturated rings. The highest BCUT2D eigenvalue weighted by molar-refractivity contribution is 5.87. The van der Waals surface area contributed by atoms with Crippen LogP contribution in [0.1, 0.15) is 12.2 Å². The molecular formula is C15H19N5O2. The number of aryl methyl sites for hydroxylation is 1. The number of nitrogens with zero attached hydrogens (tertiary/aromatic N) is 4. The predicted molar refractivity (Wildman–Crippen MR) is 81.9 cm³/mol. The van der Waals surface area contributed by atoms with E-state index in [1.165, 1.54) is 0 Å². The van der Waals surface area contributed by atoms with Gasteiger partial charge in [0.2, 0.25) is 0 Å². The zero-order valence-corrected chi connectivity index (χ0v) is 12.6. The highest BCUT2D eigenvalue weighted by Gasteiger charge is 2.30. The molecule has 2 aromatic rings. The number of rotatable bonds is 3. The van der Waals surface area contributed by atoms with E-state index in [4.69, 9.17) is 4.74 Å². The zero-order chi connectivity index (χ0) is 15.1. The van der Waals surface area contributed by atoms with E-state index < -0.39 is 0 Å². The Morgan fingerprint density at radius 3 is 3.14 bits per heavy atom. The van der Waals surface area contributed by atoms with Crippen LogP contribution in [0.3, 0.4) is 0 Å². The summed E-state index contributed by atoms with van der Waals surface area (Å²) in [6, 6.07) is 2.02. The summed E-state index contributed by atoms with van der Waals surface area (Å²) in [5.74, 6) is 2.24. The molecule has 0 saturated carbocycles. The van der Waals surface area contributed by atoms with Gasteiger partial charge in [0.1, 0.15) is 23.9 Å². The first-order valence-electron chi connectivity index (χ1n) is 7.69. The second kappa shape index (κ2) is 5.15. The second-order valence-corrected chi connectivity index (χ2v) is 6.00. The number of hydrogen-bond donors (Lipinski definition) is 1. The number of H-pyrrole nitrogens is 1. The van der Waals surface area contributed by atoms with E-state index in [2.05, 4.69) is 19.9 Å². The van der Waals surface area contributed by atoms with Crippen LogP contribution in [-0.2, 0) is 4.74 Å². The molecule has 0 radical (unpaired) electrons. The zero-order valence-electron chi connectivity index (χ0n) is 12.6. The molecule has 4 rings (SSSR count). The van der Waals surface area contributed by atoms with Gasteiger partial charge in [0.15, 0.2) is 0 Å². The highest BCUT2D eigenvalue weighted by Crippen LogP contribution is 2.29. The molecule has 0 spiro atoms. The van der Waals surface area contributed by atoms with Gasteiger partial charge in [-0.3, -0.25) is 0 Å². The van der Waals surface area contributed by atoms with Gasteiger partial charge in [0.25, 0.3) is 0 Å². The number of amides is 1. The fourth-order valence-electron chi connectivity index (χ4n) is 3.35. The van der Waals surface area contributed by atoms with Crippen molar-refractivity contribution in [3.05, 3.63) is 18.1 Å². The highest BCUT2D eigenvalue weighted by atomic mass is 16.6. The lowest BCUT2D eigenvalue weighted by Gasteiger charge is -2.20. The van der Waals surface area contributed by atoms with Crippen molar-refractivity contribution in [2.45, 2.75) is 13.3 Å². The smallest absolute Gasteiger partial charge is 0.409 e. The topological polar surface area (TPSA) is 74.3 Å². The number of hydrogen-bond acceptors (Lipinski definition) is 5. The van der Waals surface area contributed by atoms with Gasteiger partial charge in [-0.15, -0.1) is 0 Å². The normalized spacial score (nSPS) is 21.9. The molecule has 7 nitrogen and oxygen atoms in total. The van der Waals surface area contributed by atoms with Crippen molar-refractivity contribution >= 4 is 22.9 Å². The lowest BCUT2D eigenvalue weighted by atomic mass is 10.1. The lowest BCUT2D eigenvalue weighted by Crippen LogP contribution is -2.32. The SMILES string of the molecule is Cc1nc(N2CCC(CN3CCOC3=O)C2)c2cc[nH]c2n1. The summed E-state index contributed by atoms with van der Waals surface area (Å²) in [7, 11) is 0. The average Bonchev–Trinajstić information content (AvgIpc) is 3.20. The number of aromatic amines is 1. The third-order valence-electron chi connectivity index (χ3n) is 4.42. The number of fused-ring (bicyclic) bond motifs is 1. The molecule has 0 aromatic carbocycles. The first kappa shape index (κ1) is 13.4. The molecule has 7 heteroatoms. The average molecular weight is 301 g/mol. The van der Waals surface area contributed by atoms with Crippen LogP contribution in [-0.4, -0.2) is 58.7 Å². The number of anilines is 1. The maximum absolute atomic E-state index is 11.6. The molecule has 1 unspecified atom stereocenters. The maximum Gasteiger partial charge on any atom is 0.409 e. The van der Waals surface area contributed by atoms with Crippen molar-refractivity contribution < 1.29 is 9.53 Å². The van der Waals surface area contributed by atoms with Crippen LogP contribution >= 0.6 is 0 Å². The summed E-state index contributed by atoms with van der Waals surface area (Å²) in [4.78, 5) is 27.9. The van der Waals surface area contributed by atoms with Crippen molar-refractivity contribution in [1.82, 2.24) is 19.9 Å². The summed E-state index contributed by atoms with van der Waals surface area (Å²) in [5.41, 5.74) is 0.883. The van der Waals surface area contributed by atoms with Crippen LogP contribution in [0, 0.1) is 12.8 Å². The minimum Gasteiger partial charge on any atom is -0.448 e. The van der Waals surface area contributed by atoms with Crippen LogP contribution in [0.4, 0.5) is 10.6 Å². The first-order chi connectivity index (χ1) is 10.7. The Labute approximate surface area is 128 Å². The van der Waals surface area contributed by atoms with Crippen LogP contribution in [0.15, 0.2) is 12.3 Å². The van der Waals surface area contributed by atoms with Crippen molar-refractivity contribution in [2.75, 3.05) is 37.7 Å². The van der Waals surface area contributed by atoms with E-state index in [0.29, 0.717) is 19.1 Å². The van der Waals surface area contributed by atoms with Gasteiger partial charge in [-0.2, -0.15) is 0 Å². The largest absolute Gasteiger partial charge is 0.448 e. The second-order valence-electron chi connectivity index (χ2n) is 6.00. The fraction of sp³-hybridized carbons (Fsp3) is 0.533. The van der Waals surface area contributed by atoms with Gasteiger partial charge in [-0.25, -0.2) is 14.8 Å². The molecule has 2 aliphatic rings. The van der Waals surface area contributed by atoms with Crippen molar-refractivity contribution in [2.24, 2.45) is 5.92 Å². The summed E-state index contributed by atoms with van der Waals surface area (Å²) in [6.07, 6.45) is 2.79. The number of nitrogens with one attached hydrogen (secondary N) is 1. The van der Waals surface area contributed by atoms with E-state index in [1.807, 2.05) is 24.1 Å². The molecule has 2 aliphatic heterocycles. The third-order valence-corrected chi connectivity index (χ3v) is 4.42. The molecule has 1 amide bonds. The molecule has 1 N–H and O–H groups in total. The molecule has 2 saturated heterocycles. The van der Waals surface area contributed by atoms with Crippen LogP contribution in [0.25, 0.3) is 11.0 Å². The van der Waals surface area contributed by atoms with E-state index in [0.717, 1.165) is 48.7 Å². The number of ether oxygens (including phenoxy) is 1. The Kier molecular flexibility index (Phi) is 3.13. The van der Waals surface area contributed by atoms with Crippen molar-refractivity contribution in [3.8, 4) is 0 Å². The molecule has 0 aliphatic carbocycles. The summed E-state index contributed by atoms with van der Waals surface area (Å²) >= 11 is 0. The number of carbonyl (C=O) groups excluding carboxylic acids is 1. The molecule has 22 heavy (non-hydrogen) atoms. The minimum atomic E-state index is -0.177. The molecule has 4 heterocycles. The Morgan fingerprint density at radius 2 is 2.32 bits per heavy atom. The Bertz CT molecular complexity index is 713. The van der Waals surface area contributed by atoms with Crippen LogP contribution in [0.5, 0.6) is 0 Å². The van der Waals surface area contributed by atoms with E-state index in [9.17, 15) is 4.79 Å². The monoisotopic (exact) mass is 301 g/mol. The van der Waals surface area contributed by atoms with E-state index in [1.54, 1.807) is 0 Å². The van der Waals surface area contributed by atoms with Gasteiger partial charge in [-0.05, 0) is 25.3 Å². The van der Waals surface area contributed by atoms with Crippen molar-refractivity contribution in [1.29, 1.82) is 0 Å². The Hall–Kier alpha value is -2.31. The Balaban J connectivity index is 1.52. The lowest BCUT2D eigenvalue weighted by molar-refractivity contribution is 0.155. The van der Waals surface area contributed by atoms with Gasteiger partial charge in [0, 0.05) is 25.8 Å². The molecule has 1 atom stereocenters. The summed E-state index contributed by atoms with van der Waals surface area (Å²) in [6.45, 7) is 5.80. The van der Waals surface area contributed by atoms with Gasteiger partial charge < -0.3 is 19.5 Å². The summed E-state index contributed by atoms with van der Waals surface area (Å²) in [5, 5.41) is 1.06. The van der Waals surface area contributed by atoms with Gasteiger partial charge in [0.05, 0.1) is 11.9 Å². The maximum atomic E-state index is 11.6. The van der Waals surface area contributed by atoms with Crippen molar-refractivity contribution in [3.63, 3.8) is 0 Å². The molecule has 2 aromatic heterocycles. The van der Waals surface area contributed by atoms with Crippen LogP contribution < -0.4 is 4.90 Å². The number of carbonyl (C=O) groups is 1. The molecule has 116 valence electrons. The van der Waals surface area contributed by atoms with Crippen LogP contribution in [0.2, 0.25) is 0 Å². The third kappa shape index (κ3) is 2.26. The number of cyclic esters (lactones) is 1. The van der Waals surface area contributed by atoms with Gasteiger partial charge >= 0.3 is 6.09 Å². The van der Waals surface area contributed by atoms with Gasteiger partial charge in [-0.1, -0.05) is 0 Å². The Morgan fingerprint density at radius 1 is 1.41 bits per heavy atom. The molecular weight excluding hydrogens is 282 g/mol. The first-order valence-corrected chi connectivity index (χ1v) is 7.69. The predicted octanol–water partition coefficient (Wildman–Crippen LogP) is 1.54. The standard InChI is InChI=1S/C15H19N5O2/c1-10-17-13-12(2-4-16-13)14(18-10)19-5-3-11(8-19)9-20-6-7-22-15(20)21/h2,4,11H,3,5-9H2,1H3,(H,16,17,18). The minimum absolute atomic E-state index is 0.177. The summed E-state index contributed by atoms with van der Waals surface area (Å²) < 4.78 is 5.00. The fourth-order valence-corrected chi connectivity index (χ4v) is 3.35. The molecule has 0 bridgehead atoms. The van der Waals surface area contributed by atoms with E-state index in [-0.39, 0.29) is 6.09 Å². The van der Waals surface area contributed by atoms with E-state index >= 15 is 0 Å².